The molecule has 3 fully saturated rings. The van der Waals surface area contributed by atoms with Crippen molar-refractivity contribution in [3.05, 3.63) is 39.9 Å². The topological polar surface area (TPSA) is 88.6 Å². The summed E-state index contributed by atoms with van der Waals surface area (Å²) in [5.74, 6) is -1.75. The zero-order valence-electron chi connectivity index (χ0n) is 15.4. The normalized spacial score (nSPS) is 22.9. The molecule has 28 heavy (non-hydrogen) atoms. The third-order valence-electron chi connectivity index (χ3n) is 6.62. The van der Waals surface area contributed by atoms with Crippen LogP contribution in [0.25, 0.3) is 10.9 Å². The smallest absolute Gasteiger partial charge is 0.341 e. The molecule has 1 unspecified atom stereocenters. The fourth-order valence-electron chi connectivity index (χ4n) is 4.56. The minimum absolute atomic E-state index is 0. The Labute approximate surface area is 167 Å². The van der Waals surface area contributed by atoms with E-state index in [-0.39, 0.29) is 40.9 Å². The summed E-state index contributed by atoms with van der Waals surface area (Å²) in [7, 11) is 0. The van der Waals surface area contributed by atoms with Crippen LogP contribution in [0.1, 0.15) is 48.5 Å². The number of carboxylic acids is 1. The highest BCUT2D eigenvalue weighted by Gasteiger charge is 2.52. The van der Waals surface area contributed by atoms with Gasteiger partial charge in [-0.3, -0.25) is 4.79 Å². The summed E-state index contributed by atoms with van der Waals surface area (Å²) in [6.07, 6.45) is 6.26. The number of hydrogen-bond donors (Lipinski definition) is 2. The molecule has 6 nitrogen and oxygen atoms in total. The van der Waals surface area contributed by atoms with E-state index in [0.717, 1.165) is 45.2 Å². The first-order chi connectivity index (χ1) is 12.9. The molecule has 1 spiro atoms. The van der Waals surface area contributed by atoms with E-state index >= 15 is 0 Å². The molecule has 0 amide bonds. The maximum Gasteiger partial charge on any atom is 0.341 e. The number of anilines is 1. The predicted octanol–water partition coefficient (Wildman–Crippen LogP) is 2.91. The van der Waals surface area contributed by atoms with E-state index in [9.17, 15) is 19.1 Å². The van der Waals surface area contributed by atoms with E-state index < -0.39 is 17.2 Å². The number of piperidine rings is 1. The van der Waals surface area contributed by atoms with Gasteiger partial charge in [-0.1, -0.05) is 0 Å². The van der Waals surface area contributed by atoms with Crippen molar-refractivity contribution >= 4 is 35.0 Å². The zero-order chi connectivity index (χ0) is 18.9. The highest BCUT2D eigenvalue weighted by Crippen LogP contribution is 2.53. The number of hydrogen-bond acceptors (Lipinski definition) is 4. The highest BCUT2D eigenvalue weighted by molar-refractivity contribution is 5.93. The van der Waals surface area contributed by atoms with Crippen molar-refractivity contribution in [1.82, 2.24) is 4.57 Å². The molecular weight excluding hydrogens is 385 g/mol. The second-order valence-corrected chi connectivity index (χ2v) is 8.30. The van der Waals surface area contributed by atoms with Gasteiger partial charge in [0.25, 0.3) is 0 Å². The van der Waals surface area contributed by atoms with E-state index in [1.165, 1.54) is 12.3 Å². The van der Waals surface area contributed by atoms with E-state index in [2.05, 4.69) is 0 Å². The maximum atomic E-state index is 14.9. The summed E-state index contributed by atoms with van der Waals surface area (Å²) in [6, 6.07) is 3.39. The molecule has 2 aromatic rings. The second kappa shape index (κ2) is 6.46. The van der Waals surface area contributed by atoms with Gasteiger partial charge >= 0.3 is 5.97 Å². The number of aromatic nitrogens is 1. The monoisotopic (exact) mass is 407 g/mol. The van der Waals surface area contributed by atoms with Crippen LogP contribution in [0, 0.1) is 11.2 Å². The molecule has 1 aromatic carbocycles. The molecule has 1 aromatic heterocycles. The van der Waals surface area contributed by atoms with Crippen molar-refractivity contribution in [1.29, 1.82) is 0 Å². The third kappa shape index (κ3) is 2.88. The average molecular weight is 408 g/mol. The molecule has 3 N–H and O–H groups in total. The molecule has 8 heteroatoms. The van der Waals surface area contributed by atoms with Crippen molar-refractivity contribution in [3.63, 3.8) is 0 Å². The van der Waals surface area contributed by atoms with Gasteiger partial charge in [0.15, 0.2) is 0 Å². The number of aromatic carboxylic acids is 1. The van der Waals surface area contributed by atoms with Crippen LogP contribution in [0.3, 0.4) is 0 Å². The van der Waals surface area contributed by atoms with Gasteiger partial charge in [0.2, 0.25) is 5.43 Å². The van der Waals surface area contributed by atoms with Crippen LogP contribution in [0.2, 0.25) is 0 Å². The molecule has 3 aliphatic rings. The Balaban J connectivity index is 0.00000192. The lowest BCUT2D eigenvalue weighted by molar-refractivity contribution is 0.0695. The molecule has 1 atom stereocenters. The van der Waals surface area contributed by atoms with Gasteiger partial charge in [-0.05, 0) is 49.7 Å². The molecule has 2 heterocycles. The van der Waals surface area contributed by atoms with Gasteiger partial charge < -0.3 is 20.3 Å². The van der Waals surface area contributed by atoms with Crippen molar-refractivity contribution in [3.8, 4) is 0 Å². The summed E-state index contributed by atoms with van der Waals surface area (Å²) in [4.78, 5) is 26.0. The van der Waals surface area contributed by atoms with Gasteiger partial charge in [-0.25, -0.2) is 9.18 Å². The van der Waals surface area contributed by atoms with Crippen LogP contribution in [0.15, 0.2) is 23.1 Å². The molecule has 5 rings (SSSR count). The Morgan fingerprint density at radius 2 is 1.89 bits per heavy atom. The first-order valence-corrected chi connectivity index (χ1v) is 9.52. The number of carboxylic acid groups (broad SMARTS) is 1. The fraction of sp³-hybridized carbons (Fsp3) is 0.500. The number of rotatable bonds is 3. The zero-order valence-corrected chi connectivity index (χ0v) is 16.2. The predicted molar refractivity (Wildman–Crippen MR) is 107 cm³/mol. The molecule has 1 aliphatic heterocycles. The van der Waals surface area contributed by atoms with E-state index in [1.54, 1.807) is 6.07 Å². The Morgan fingerprint density at radius 1 is 1.25 bits per heavy atom. The minimum atomic E-state index is -1.28. The van der Waals surface area contributed by atoms with Gasteiger partial charge in [0.05, 0.1) is 11.2 Å². The Kier molecular flexibility index (Phi) is 4.43. The molecule has 0 bridgehead atoms. The summed E-state index contributed by atoms with van der Waals surface area (Å²) in [5, 5.41) is 9.47. The molecule has 150 valence electrons. The van der Waals surface area contributed by atoms with E-state index in [0.29, 0.717) is 11.2 Å². The van der Waals surface area contributed by atoms with Crippen LogP contribution in [0.5, 0.6) is 0 Å². The van der Waals surface area contributed by atoms with E-state index in [4.69, 9.17) is 5.73 Å². The average Bonchev–Trinajstić information content (AvgIpc) is 3.55. The lowest BCUT2D eigenvalue weighted by Gasteiger charge is -2.34. The van der Waals surface area contributed by atoms with Crippen molar-refractivity contribution in [2.24, 2.45) is 11.1 Å². The summed E-state index contributed by atoms with van der Waals surface area (Å²) in [6.45, 7) is 1.49. The Morgan fingerprint density at radius 3 is 2.43 bits per heavy atom. The molecular formula is C20H23ClFN3O3. The van der Waals surface area contributed by atoms with E-state index in [1.807, 2.05) is 9.47 Å². The maximum absolute atomic E-state index is 14.9. The number of nitrogens with two attached hydrogens (primary N) is 1. The van der Waals surface area contributed by atoms with Gasteiger partial charge in [-0.2, -0.15) is 0 Å². The molecule has 2 aliphatic carbocycles. The number of benzene rings is 1. The van der Waals surface area contributed by atoms with Crippen LogP contribution in [-0.4, -0.2) is 34.8 Å². The van der Waals surface area contributed by atoms with Gasteiger partial charge in [0, 0.05) is 36.8 Å². The van der Waals surface area contributed by atoms with Crippen molar-refractivity contribution in [2.45, 2.75) is 44.2 Å². The lowest BCUT2D eigenvalue weighted by atomic mass is 9.92. The summed E-state index contributed by atoms with van der Waals surface area (Å²) >= 11 is 0. The first-order valence-electron chi connectivity index (χ1n) is 9.52. The molecule has 2 saturated carbocycles. The largest absolute Gasteiger partial charge is 0.477 e. The third-order valence-corrected chi connectivity index (χ3v) is 6.62. The molecule has 1 saturated heterocycles. The Bertz CT molecular complexity index is 1030. The van der Waals surface area contributed by atoms with Crippen LogP contribution >= 0.6 is 12.4 Å². The van der Waals surface area contributed by atoms with Crippen molar-refractivity contribution < 1.29 is 14.3 Å². The quantitative estimate of drug-likeness (QED) is 0.816. The number of pyridine rings is 1. The fourth-order valence-corrected chi connectivity index (χ4v) is 4.56. The van der Waals surface area contributed by atoms with Crippen LogP contribution in [-0.2, 0) is 0 Å². The van der Waals surface area contributed by atoms with Crippen LogP contribution < -0.4 is 16.1 Å². The number of carbonyl (C=O) groups is 1. The summed E-state index contributed by atoms with van der Waals surface area (Å²) in [5.41, 5.74) is 6.49. The second-order valence-electron chi connectivity index (χ2n) is 8.30. The van der Waals surface area contributed by atoms with Crippen molar-refractivity contribution in [2.75, 3.05) is 18.0 Å². The number of fused-ring (bicyclic) bond motifs is 1. The van der Waals surface area contributed by atoms with Gasteiger partial charge in [-0.15, -0.1) is 12.4 Å². The SMILES string of the molecule is Cl.NC1CC12CCN(c1cc3c(cc1F)c(=O)c(C(=O)O)cn3C1CC1)CC2. The lowest BCUT2D eigenvalue weighted by Crippen LogP contribution is -2.37. The number of halogens is 2. The first kappa shape index (κ1) is 19.2. The Hall–Kier alpha value is -2.12. The number of nitrogens with zero attached hydrogens (tertiary/aromatic N) is 2. The van der Waals surface area contributed by atoms with Gasteiger partial charge in [0.1, 0.15) is 11.4 Å². The minimum Gasteiger partial charge on any atom is -0.477 e. The molecule has 0 radical (unpaired) electrons. The van der Waals surface area contributed by atoms with Crippen LogP contribution in [0.4, 0.5) is 10.1 Å². The highest BCUT2D eigenvalue weighted by atomic mass is 35.5. The summed E-state index contributed by atoms with van der Waals surface area (Å²) < 4.78 is 16.7. The standard InChI is InChI=1S/C20H22FN3O3.ClH/c21-14-7-12-15(24(11-1-2-11)10-13(18(12)25)19(26)27)8-16(14)23-5-3-20(4-6-23)9-17(20)22;/h7-8,10-11,17H,1-6,9,22H2,(H,26,27);1H.